The third kappa shape index (κ3) is 3.03. The van der Waals surface area contributed by atoms with Crippen molar-refractivity contribution in [3.63, 3.8) is 0 Å². The van der Waals surface area contributed by atoms with Gasteiger partial charge in [-0.2, -0.15) is 11.8 Å². The van der Waals surface area contributed by atoms with Crippen molar-refractivity contribution >= 4 is 29.0 Å². The van der Waals surface area contributed by atoms with Gasteiger partial charge in [0.2, 0.25) is 5.91 Å². The summed E-state index contributed by atoms with van der Waals surface area (Å²) in [7, 11) is 0. The van der Waals surface area contributed by atoms with Gasteiger partial charge in [-0.1, -0.05) is 6.07 Å². The van der Waals surface area contributed by atoms with E-state index in [4.69, 9.17) is 0 Å². The Morgan fingerprint density at radius 2 is 2.29 bits per heavy atom. The Labute approximate surface area is 93.1 Å². The van der Waals surface area contributed by atoms with Crippen LogP contribution in [0.3, 0.4) is 0 Å². The molecule has 0 aliphatic heterocycles. The summed E-state index contributed by atoms with van der Waals surface area (Å²) in [5.41, 5.74) is 0. The molecule has 1 amide bonds. The third-order valence-corrected chi connectivity index (χ3v) is 4.03. The van der Waals surface area contributed by atoms with Gasteiger partial charge in [0.1, 0.15) is 0 Å². The summed E-state index contributed by atoms with van der Waals surface area (Å²) in [5, 5.41) is 5.03. The van der Waals surface area contributed by atoms with Gasteiger partial charge in [0.05, 0.1) is 11.3 Å². The number of thiophene rings is 1. The smallest absolute Gasteiger partial charge is 0.233 e. The van der Waals surface area contributed by atoms with E-state index in [1.165, 1.54) is 4.88 Å². The molecular formula is C10H15NOS2. The zero-order chi connectivity index (χ0) is 10.6. The number of rotatable bonds is 4. The predicted octanol–water partition coefficient (Wildman–Crippen LogP) is 2.68. The second-order valence-corrected chi connectivity index (χ2v) is 5.28. The second-order valence-electron chi connectivity index (χ2n) is 3.12. The molecule has 1 N–H and O–H groups in total. The van der Waals surface area contributed by atoms with Crippen molar-refractivity contribution in [1.29, 1.82) is 0 Å². The maximum absolute atomic E-state index is 11.6. The molecule has 78 valence electrons. The first kappa shape index (κ1) is 11.6. The van der Waals surface area contributed by atoms with Gasteiger partial charge in [-0.15, -0.1) is 11.3 Å². The minimum atomic E-state index is 0.0254. The van der Waals surface area contributed by atoms with Crippen molar-refractivity contribution < 1.29 is 4.79 Å². The van der Waals surface area contributed by atoms with Gasteiger partial charge in [-0.3, -0.25) is 4.79 Å². The second kappa shape index (κ2) is 5.41. The largest absolute Gasteiger partial charge is 0.348 e. The lowest BCUT2D eigenvalue weighted by Crippen LogP contribution is -2.32. The van der Waals surface area contributed by atoms with Gasteiger partial charge in [-0.25, -0.2) is 0 Å². The van der Waals surface area contributed by atoms with Crippen LogP contribution in [-0.2, 0) is 4.79 Å². The van der Waals surface area contributed by atoms with Gasteiger partial charge in [0, 0.05) is 4.88 Å². The number of carbonyl (C=O) groups is 1. The Hall–Kier alpha value is -0.480. The van der Waals surface area contributed by atoms with E-state index >= 15 is 0 Å². The molecule has 0 saturated carbocycles. The SMILES string of the molecule is CSC(C)C(=O)NC(C)c1cccs1. The Balaban J connectivity index is 2.49. The number of carbonyl (C=O) groups excluding carboxylic acids is 1. The minimum absolute atomic E-state index is 0.0254. The zero-order valence-corrected chi connectivity index (χ0v) is 10.2. The van der Waals surface area contributed by atoms with Crippen LogP contribution < -0.4 is 5.32 Å². The molecule has 1 aromatic rings. The molecule has 2 unspecified atom stereocenters. The molecule has 1 aromatic heterocycles. The molecule has 0 radical (unpaired) electrons. The van der Waals surface area contributed by atoms with Crippen LogP contribution in [0.1, 0.15) is 24.8 Å². The summed E-state index contributed by atoms with van der Waals surface area (Å²) < 4.78 is 0. The molecule has 0 aliphatic carbocycles. The summed E-state index contributed by atoms with van der Waals surface area (Å²) >= 11 is 3.23. The molecule has 0 spiro atoms. The molecule has 0 bridgehead atoms. The van der Waals surface area contributed by atoms with Crippen LogP contribution in [0.2, 0.25) is 0 Å². The van der Waals surface area contributed by atoms with Crippen LogP contribution in [0.5, 0.6) is 0 Å². The number of hydrogen-bond donors (Lipinski definition) is 1. The normalized spacial score (nSPS) is 14.8. The summed E-state index contributed by atoms with van der Waals surface area (Å²) in [6, 6.07) is 4.16. The molecule has 14 heavy (non-hydrogen) atoms. The standard InChI is InChI=1S/C10H15NOS2/c1-7(9-5-4-6-14-9)11-10(12)8(2)13-3/h4-8H,1-3H3,(H,11,12). The Morgan fingerprint density at radius 1 is 1.57 bits per heavy atom. The summed E-state index contributed by atoms with van der Waals surface area (Å²) in [4.78, 5) is 12.8. The fraction of sp³-hybridized carbons (Fsp3) is 0.500. The maximum Gasteiger partial charge on any atom is 0.233 e. The Kier molecular flexibility index (Phi) is 4.48. The third-order valence-electron chi connectivity index (χ3n) is 2.05. The first-order valence-corrected chi connectivity index (χ1v) is 6.68. The number of nitrogens with one attached hydrogen (secondary N) is 1. The summed E-state index contributed by atoms with van der Waals surface area (Å²) in [6.45, 7) is 3.93. The van der Waals surface area contributed by atoms with Gasteiger partial charge >= 0.3 is 0 Å². The summed E-state index contributed by atoms with van der Waals surface area (Å²) in [6.07, 6.45) is 1.94. The molecule has 1 heterocycles. The lowest BCUT2D eigenvalue weighted by atomic mass is 10.2. The average Bonchev–Trinajstić information content (AvgIpc) is 2.69. The van der Waals surface area contributed by atoms with E-state index in [-0.39, 0.29) is 17.2 Å². The number of thioether (sulfide) groups is 1. The molecule has 1 rings (SSSR count). The molecule has 0 fully saturated rings. The first-order valence-electron chi connectivity index (χ1n) is 4.51. The quantitative estimate of drug-likeness (QED) is 0.860. The highest BCUT2D eigenvalue weighted by molar-refractivity contribution is 7.99. The van der Waals surface area contributed by atoms with E-state index in [1.54, 1.807) is 23.1 Å². The minimum Gasteiger partial charge on any atom is -0.348 e. The molecule has 2 nitrogen and oxygen atoms in total. The van der Waals surface area contributed by atoms with Crippen LogP contribution in [0.25, 0.3) is 0 Å². The van der Waals surface area contributed by atoms with E-state index in [0.29, 0.717) is 0 Å². The number of amides is 1. The van der Waals surface area contributed by atoms with Crippen molar-refractivity contribution in [2.24, 2.45) is 0 Å². The van der Waals surface area contributed by atoms with Crippen molar-refractivity contribution in [3.05, 3.63) is 22.4 Å². The van der Waals surface area contributed by atoms with Crippen LogP contribution in [0.15, 0.2) is 17.5 Å². The lowest BCUT2D eigenvalue weighted by Gasteiger charge is -2.14. The lowest BCUT2D eigenvalue weighted by molar-refractivity contribution is -0.120. The van der Waals surface area contributed by atoms with Gasteiger partial charge < -0.3 is 5.32 Å². The van der Waals surface area contributed by atoms with Crippen molar-refractivity contribution in [1.82, 2.24) is 5.32 Å². The molecule has 0 aromatic carbocycles. The van der Waals surface area contributed by atoms with Crippen LogP contribution in [0, 0.1) is 0 Å². The highest BCUT2D eigenvalue weighted by atomic mass is 32.2. The fourth-order valence-electron chi connectivity index (χ4n) is 1.05. The summed E-state index contributed by atoms with van der Waals surface area (Å²) in [5.74, 6) is 0.110. The van der Waals surface area contributed by atoms with Crippen molar-refractivity contribution in [2.45, 2.75) is 25.1 Å². The van der Waals surface area contributed by atoms with E-state index in [1.807, 2.05) is 37.6 Å². The molecule has 0 saturated heterocycles. The fourth-order valence-corrected chi connectivity index (χ4v) is 2.06. The van der Waals surface area contributed by atoms with Crippen LogP contribution in [0.4, 0.5) is 0 Å². The van der Waals surface area contributed by atoms with E-state index in [2.05, 4.69) is 5.32 Å². The monoisotopic (exact) mass is 229 g/mol. The molecule has 0 aliphatic rings. The highest BCUT2D eigenvalue weighted by Gasteiger charge is 2.15. The van der Waals surface area contributed by atoms with Crippen molar-refractivity contribution in [3.8, 4) is 0 Å². The van der Waals surface area contributed by atoms with Gasteiger partial charge in [-0.05, 0) is 31.5 Å². The van der Waals surface area contributed by atoms with E-state index in [0.717, 1.165) is 0 Å². The Morgan fingerprint density at radius 3 is 2.79 bits per heavy atom. The van der Waals surface area contributed by atoms with Crippen LogP contribution in [-0.4, -0.2) is 17.4 Å². The van der Waals surface area contributed by atoms with E-state index < -0.39 is 0 Å². The first-order chi connectivity index (χ1) is 6.65. The topological polar surface area (TPSA) is 29.1 Å². The van der Waals surface area contributed by atoms with E-state index in [9.17, 15) is 4.79 Å². The average molecular weight is 229 g/mol. The van der Waals surface area contributed by atoms with Gasteiger partial charge in [0.25, 0.3) is 0 Å². The zero-order valence-electron chi connectivity index (χ0n) is 8.61. The predicted molar refractivity (Wildman–Crippen MR) is 63.9 cm³/mol. The Bertz CT molecular complexity index is 284. The molecular weight excluding hydrogens is 214 g/mol. The number of hydrogen-bond acceptors (Lipinski definition) is 3. The molecule has 2 atom stereocenters. The highest BCUT2D eigenvalue weighted by Crippen LogP contribution is 2.18. The maximum atomic E-state index is 11.6. The van der Waals surface area contributed by atoms with Gasteiger partial charge in [0.15, 0.2) is 0 Å². The molecule has 4 heteroatoms. The van der Waals surface area contributed by atoms with Crippen molar-refractivity contribution in [2.75, 3.05) is 6.26 Å². The van der Waals surface area contributed by atoms with Crippen LogP contribution >= 0.6 is 23.1 Å².